The van der Waals surface area contributed by atoms with Gasteiger partial charge in [-0.2, -0.15) is 0 Å². The molecule has 0 bridgehead atoms. The molecule has 0 amide bonds. The summed E-state index contributed by atoms with van der Waals surface area (Å²) in [6.45, 7) is 4.49. The lowest BCUT2D eigenvalue weighted by Gasteiger charge is -2.25. The normalized spacial score (nSPS) is 16.4. The Morgan fingerprint density at radius 3 is 2.73 bits per heavy atom. The van der Waals surface area contributed by atoms with E-state index in [0.717, 1.165) is 23.6 Å². The van der Waals surface area contributed by atoms with Gasteiger partial charge in [-0.1, -0.05) is 24.3 Å². The Balaban J connectivity index is 1.63. The lowest BCUT2D eigenvalue weighted by molar-refractivity contribution is 0.0962. The van der Waals surface area contributed by atoms with Crippen molar-refractivity contribution in [3.8, 4) is 0 Å². The first-order valence-corrected chi connectivity index (χ1v) is 8.84. The monoisotopic (exact) mass is 347 g/mol. The van der Waals surface area contributed by atoms with Crippen LogP contribution in [0.25, 0.3) is 0 Å². The number of nitrogens with one attached hydrogen (secondary N) is 1. The third kappa shape index (κ3) is 3.12. The molecule has 2 heterocycles. The Morgan fingerprint density at radius 1 is 1.12 bits per heavy atom. The molecule has 132 valence electrons. The molecule has 5 heteroatoms. The highest BCUT2D eigenvalue weighted by Crippen LogP contribution is 2.34. The van der Waals surface area contributed by atoms with E-state index in [9.17, 15) is 4.79 Å². The highest BCUT2D eigenvalue weighted by Gasteiger charge is 2.30. The number of hydrogen-bond donors (Lipinski definition) is 1. The topological polar surface area (TPSA) is 68.0 Å². The number of Topliss-reactive ketones (excluding diaryl/α,β-unsaturated/α-hetero) is 1. The van der Waals surface area contributed by atoms with E-state index in [1.807, 2.05) is 31.2 Å². The Hall–Kier alpha value is -2.95. The van der Waals surface area contributed by atoms with E-state index in [4.69, 9.17) is 4.42 Å². The molecular weight excluding hydrogens is 326 g/mol. The molecule has 1 aromatic carbocycles. The van der Waals surface area contributed by atoms with E-state index in [0.29, 0.717) is 24.5 Å². The lowest BCUT2D eigenvalue weighted by atomic mass is 9.80. The Kier molecular flexibility index (Phi) is 4.29. The molecule has 0 aliphatic heterocycles. The van der Waals surface area contributed by atoms with Crippen LogP contribution in [0.2, 0.25) is 0 Å². The minimum atomic E-state index is 0.134. The summed E-state index contributed by atoms with van der Waals surface area (Å²) in [5.41, 5.74) is 4.72. The number of ketones is 1. The third-order valence-corrected chi connectivity index (χ3v) is 4.94. The molecule has 1 N–H and O–H groups in total. The van der Waals surface area contributed by atoms with Crippen molar-refractivity contribution in [1.82, 2.24) is 9.97 Å². The highest BCUT2D eigenvalue weighted by molar-refractivity contribution is 5.99. The van der Waals surface area contributed by atoms with Crippen LogP contribution in [0.3, 0.4) is 0 Å². The molecule has 3 aromatic rings. The van der Waals surface area contributed by atoms with Crippen LogP contribution in [0.4, 0.5) is 5.95 Å². The van der Waals surface area contributed by atoms with Gasteiger partial charge in [-0.05, 0) is 49.4 Å². The second kappa shape index (κ2) is 6.75. The first-order valence-electron chi connectivity index (χ1n) is 8.84. The van der Waals surface area contributed by atoms with Crippen LogP contribution in [0.5, 0.6) is 0 Å². The number of benzene rings is 1. The SMILES string of the molecule is Cc1ccccc1C1CC(=O)c2c(C)nc(NCc3ccco3)nc2C1. The van der Waals surface area contributed by atoms with Crippen LogP contribution in [-0.4, -0.2) is 15.8 Å². The van der Waals surface area contributed by atoms with Crippen LogP contribution in [0.15, 0.2) is 47.1 Å². The minimum absolute atomic E-state index is 0.134. The molecule has 0 fully saturated rings. The van der Waals surface area contributed by atoms with Gasteiger partial charge in [0.2, 0.25) is 5.95 Å². The number of carbonyl (C=O) groups is 1. The van der Waals surface area contributed by atoms with E-state index in [1.165, 1.54) is 11.1 Å². The van der Waals surface area contributed by atoms with Gasteiger partial charge < -0.3 is 9.73 Å². The maximum absolute atomic E-state index is 12.7. The number of aromatic nitrogens is 2. The Bertz CT molecular complexity index is 948. The van der Waals surface area contributed by atoms with Gasteiger partial charge in [-0.25, -0.2) is 9.97 Å². The van der Waals surface area contributed by atoms with E-state index in [2.05, 4.69) is 34.3 Å². The van der Waals surface area contributed by atoms with Gasteiger partial charge in [0.1, 0.15) is 5.76 Å². The summed E-state index contributed by atoms with van der Waals surface area (Å²) in [5, 5.41) is 3.19. The van der Waals surface area contributed by atoms with Crippen molar-refractivity contribution in [1.29, 1.82) is 0 Å². The fourth-order valence-electron chi connectivity index (χ4n) is 3.70. The Morgan fingerprint density at radius 2 is 1.96 bits per heavy atom. The summed E-state index contributed by atoms with van der Waals surface area (Å²) >= 11 is 0. The number of hydrogen-bond acceptors (Lipinski definition) is 5. The first kappa shape index (κ1) is 16.5. The average Bonchev–Trinajstić information content (AvgIpc) is 3.13. The van der Waals surface area contributed by atoms with Gasteiger partial charge in [-0.3, -0.25) is 4.79 Å². The van der Waals surface area contributed by atoms with Gasteiger partial charge in [-0.15, -0.1) is 0 Å². The minimum Gasteiger partial charge on any atom is -0.467 e. The molecule has 1 unspecified atom stereocenters. The van der Waals surface area contributed by atoms with Crippen LogP contribution in [-0.2, 0) is 13.0 Å². The summed E-state index contributed by atoms with van der Waals surface area (Å²) in [6, 6.07) is 12.0. The molecule has 26 heavy (non-hydrogen) atoms. The second-order valence-electron chi connectivity index (χ2n) is 6.77. The van der Waals surface area contributed by atoms with Gasteiger partial charge in [0.25, 0.3) is 0 Å². The summed E-state index contributed by atoms with van der Waals surface area (Å²) in [5.74, 6) is 1.66. The zero-order valence-electron chi connectivity index (χ0n) is 15.0. The number of carbonyl (C=O) groups excluding carboxylic acids is 1. The predicted octanol–water partition coefficient (Wildman–Crippen LogP) is 4.21. The van der Waals surface area contributed by atoms with Gasteiger partial charge in [0.15, 0.2) is 5.78 Å². The van der Waals surface area contributed by atoms with Crippen molar-refractivity contribution in [2.75, 3.05) is 5.32 Å². The summed E-state index contributed by atoms with van der Waals surface area (Å²) in [7, 11) is 0. The summed E-state index contributed by atoms with van der Waals surface area (Å²) in [4.78, 5) is 21.9. The van der Waals surface area contributed by atoms with Gasteiger partial charge in [0.05, 0.1) is 29.8 Å². The largest absolute Gasteiger partial charge is 0.467 e. The van der Waals surface area contributed by atoms with E-state index < -0.39 is 0 Å². The molecule has 0 saturated carbocycles. The third-order valence-electron chi connectivity index (χ3n) is 4.94. The molecule has 1 aliphatic rings. The van der Waals surface area contributed by atoms with Crippen LogP contribution in [0.1, 0.15) is 51.0 Å². The van der Waals surface area contributed by atoms with Crippen molar-refractivity contribution in [2.24, 2.45) is 0 Å². The smallest absolute Gasteiger partial charge is 0.223 e. The van der Waals surface area contributed by atoms with Crippen molar-refractivity contribution in [3.05, 3.63) is 76.5 Å². The molecule has 0 spiro atoms. The molecule has 5 nitrogen and oxygen atoms in total. The highest BCUT2D eigenvalue weighted by atomic mass is 16.3. The number of nitrogens with zero attached hydrogens (tertiary/aromatic N) is 2. The van der Waals surface area contributed by atoms with Crippen LogP contribution < -0.4 is 5.32 Å². The van der Waals surface area contributed by atoms with Crippen LogP contribution in [0, 0.1) is 13.8 Å². The molecular formula is C21H21N3O2. The van der Waals surface area contributed by atoms with Crippen LogP contribution >= 0.6 is 0 Å². The number of rotatable bonds is 4. The quantitative estimate of drug-likeness (QED) is 0.765. The van der Waals surface area contributed by atoms with E-state index in [1.54, 1.807) is 6.26 Å². The van der Waals surface area contributed by atoms with Crippen molar-refractivity contribution >= 4 is 11.7 Å². The number of anilines is 1. The molecule has 0 saturated heterocycles. The predicted molar refractivity (Wildman–Crippen MR) is 99.4 cm³/mol. The van der Waals surface area contributed by atoms with Crippen molar-refractivity contribution in [3.63, 3.8) is 0 Å². The standard InChI is InChI=1S/C21H21N3O2/c1-13-6-3-4-8-17(13)15-10-18-20(19(25)11-15)14(2)23-21(24-18)22-12-16-7-5-9-26-16/h3-9,15H,10-12H2,1-2H3,(H,22,23,24). The first-order chi connectivity index (χ1) is 12.6. The zero-order valence-corrected chi connectivity index (χ0v) is 15.0. The molecule has 0 radical (unpaired) electrons. The number of furan rings is 1. The maximum Gasteiger partial charge on any atom is 0.223 e. The fraction of sp³-hybridized carbons (Fsp3) is 0.286. The maximum atomic E-state index is 12.7. The van der Waals surface area contributed by atoms with E-state index >= 15 is 0 Å². The zero-order chi connectivity index (χ0) is 18.1. The van der Waals surface area contributed by atoms with Crippen molar-refractivity contribution in [2.45, 2.75) is 39.2 Å². The second-order valence-corrected chi connectivity index (χ2v) is 6.77. The molecule has 4 rings (SSSR count). The van der Waals surface area contributed by atoms with Gasteiger partial charge in [0, 0.05) is 6.42 Å². The molecule has 1 atom stereocenters. The lowest BCUT2D eigenvalue weighted by Crippen LogP contribution is -2.23. The molecule has 2 aromatic heterocycles. The summed E-state index contributed by atoms with van der Waals surface area (Å²) < 4.78 is 5.33. The molecule has 1 aliphatic carbocycles. The Labute approximate surface area is 152 Å². The average molecular weight is 347 g/mol. The van der Waals surface area contributed by atoms with E-state index in [-0.39, 0.29) is 11.7 Å². The number of fused-ring (bicyclic) bond motifs is 1. The fourth-order valence-corrected chi connectivity index (χ4v) is 3.70. The van der Waals surface area contributed by atoms with Gasteiger partial charge >= 0.3 is 0 Å². The summed E-state index contributed by atoms with van der Waals surface area (Å²) in [6.07, 6.45) is 2.91. The number of aryl methyl sites for hydroxylation is 2. The van der Waals surface area contributed by atoms with Crippen molar-refractivity contribution < 1.29 is 9.21 Å².